The van der Waals surface area contributed by atoms with Crippen molar-refractivity contribution in [2.45, 2.75) is 43.7 Å². The quantitative estimate of drug-likeness (QED) is 0.878. The number of hydrogen-bond acceptors (Lipinski definition) is 3. The minimum atomic E-state index is -0.895. The Balaban J connectivity index is 0.00000180. The summed E-state index contributed by atoms with van der Waals surface area (Å²) in [6, 6.07) is 7.04. The third-order valence-electron chi connectivity index (χ3n) is 4.65. The topological polar surface area (TPSA) is 43.7 Å². The van der Waals surface area contributed by atoms with Gasteiger partial charge in [-0.15, -0.1) is 12.4 Å². The van der Waals surface area contributed by atoms with Gasteiger partial charge in [0.2, 0.25) is 0 Å². The third kappa shape index (κ3) is 2.60. The first-order valence-corrected chi connectivity index (χ1v) is 6.59. The molecule has 1 fully saturated rings. The molecule has 4 heteroatoms. The lowest BCUT2D eigenvalue weighted by Crippen LogP contribution is -2.59. The lowest BCUT2D eigenvalue weighted by atomic mass is 9.66. The van der Waals surface area contributed by atoms with Gasteiger partial charge in [0.15, 0.2) is 0 Å². The number of halogens is 1. The molecule has 0 saturated heterocycles. The molecule has 2 rings (SSSR count). The maximum absolute atomic E-state index is 11.2. The molecule has 0 unspecified atom stereocenters. The fraction of sp³-hybridized carbons (Fsp3) is 0.600. The SMILES string of the molecule is CN(C)[C@]1(C)CCCC[C@@]1(O)c1cccc(O)c1.Cl. The molecule has 1 aromatic rings. The Hall–Kier alpha value is -0.770. The second kappa shape index (κ2) is 5.70. The summed E-state index contributed by atoms with van der Waals surface area (Å²) >= 11 is 0. The van der Waals surface area contributed by atoms with Crippen LogP contribution in [0.1, 0.15) is 38.2 Å². The van der Waals surface area contributed by atoms with Gasteiger partial charge in [-0.25, -0.2) is 0 Å². The van der Waals surface area contributed by atoms with Gasteiger partial charge in [-0.3, -0.25) is 0 Å². The van der Waals surface area contributed by atoms with Crippen molar-refractivity contribution in [3.63, 3.8) is 0 Å². The molecule has 2 atom stereocenters. The van der Waals surface area contributed by atoms with Crippen molar-refractivity contribution in [1.29, 1.82) is 0 Å². The highest BCUT2D eigenvalue weighted by molar-refractivity contribution is 5.85. The molecule has 3 nitrogen and oxygen atoms in total. The summed E-state index contributed by atoms with van der Waals surface area (Å²) in [5.41, 5.74) is -0.370. The summed E-state index contributed by atoms with van der Waals surface area (Å²) in [6.45, 7) is 2.11. The van der Waals surface area contributed by atoms with Crippen molar-refractivity contribution in [3.05, 3.63) is 29.8 Å². The predicted molar refractivity (Wildman–Crippen MR) is 79.8 cm³/mol. The molecule has 0 heterocycles. The summed E-state index contributed by atoms with van der Waals surface area (Å²) in [6.07, 6.45) is 3.86. The van der Waals surface area contributed by atoms with E-state index in [4.69, 9.17) is 0 Å². The number of rotatable bonds is 2. The first-order valence-electron chi connectivity index (χ1n) is 6.59. The van der Waals surface area contributed by atoms with Crippen LogP contribution in [-0.2, 0) is 5.60 Å². The predicted octanol–water partition coefficient (Wildman–Crippen LogP) is 2.90. The number of phenols is 1. The molecular weight excluding hydrogens is 262 g/mol. The largest absolute Gasteiger partial charge is 0.508 e. The Kier molecular flexibility index (Phi) is 4.88. The molecule has 2 N–H and O–H groups in total. The zero-order valence-electron chi connectivity index (χ0n) is 11.9. The summed E-state index contributed by atoms with van der Waals surface area (Å²) in [5, 5.41) is 20.8. The zero-order chi connectivity index (χ0) is 13.4. The van der Waals surface area contributed by atoms with E-state index in [0.29, 0.717) is 0 Å². The molecule has 1 aromatic carbocycles. The van der Waals surface area contributed by atoms with Gasteiger partial charge in [-0.2, -0.15) is 0 Å². The monoisotopic (exact) mass is 285 g/mol. The maximum atomic E-state index is 11.2. The number of aliphatic hydroxyl groups is 1. The van der Waals surface area contributed by atoms with E-state index in [1.165, 1.54) is 0 Å². The minimum absolute atomic E-state index is 0. The summed E-state index contributed by atoms with van der Waals surface area (Å²) in [4.78, 5) is 2.11. The Labute approximate surface area is 121 Å². The van der Waals surface area contributed by atoms with Gasteiger partial charge in [0.25, 0.3) is 0 Å². The number of nitrogens with zero attached hydrogens (tertiary/aromatic N) is 1. The average molecular weight is 286 g/mol. The number of benzene rings is 1. The zero-order valence-corrected chi connectivity index (χ0v) is 12.7. The van der Waals surface area contributed by atoms with E-state index in [-0.39, 0.29) is 23.7 Å². The first kappa shape index (κ1) is 16.3. The van der Waals surface area contributed by atoms with Crippen molar-refractivity contribution in [3.8, 4) is 5.75 Å². The molecule has 0 aromatic heterocycles. The molecule has 19 heavy (non-hydrogen) atoms. The van der Waals surface area contributed by atoms with Crippen LogP contribution in [0.15, 0.2) is 24.3 Å². The number of hydrogen-bond donors (Lipinski definition) is 2. The summed E-state index contributed by atoms with van der Waals surface area (Å²) in [7, 11) is 4.03. The lowest BCUT2D eigenvalue weighted by Gasteiger charge is -2.52. The third-order valence-corrected chi connectivity index (χ3v) is 4.65. The van der Waals surface area contributed by atoms with Crippen molar-refractivity contribution >= 4 is 12.4 Å². The molecule has 108 valence electrons. The van der Waals surface area contributed by atoms with Gasteiger partial charge >= 0.3 is 0 Å². The number of likely N-dealkylation sites (N-methyl/N-ethyl adjacent to an activating group) is 1. The fourth-order valence-corrected chi connectivity index (χ4v) is 3.14. The van der Waals surface area contributed by atoms with Crippen LogP contribution < -0.4 is 0 Å². The molecule has 1 aliphatic rings. The van der Waals surface area contributed by atoms with Crippen LogP contribution in [0, 0.1) is 0 Å². The van der Waals surface area contributed by atoms with Crippen LogP contribution in [-0.4, -0.2) is 34.7 Å². The van der Waals surface area contributed by atoms with Crippen LogP contribution in [0.5, 0.6) is 5.75 Å². The first-order chi connectivity index (χ1) is 8.40. The van der Waals surface area contributed by atoms with Crippen LogP contribution >= 0.6 is 12.4 Å². The summed E-state index contributed by atoms with van der Waals surface area (Å²) < 4.78 is 0. The van der Waals surface area contributed by atoms with E-state index >= 15 is 0 Å². The Morgan fingerprint density at radius 2 is 1.79 bits per heavy atom. The number of phenolic OH excluding ortho intramolecular Hbond substituents is 1. The van der Waals surface area contributed by atoms with Gasteiger partial charge in [-0.05, 0) is 51.6 Å². The van der Waals surface area contributed by atoms with Crippen molar-refractivity contribution in [2.24, 2.45) is 0 Å². The van der Waals surface area contributed by atoms with Crippen LogP contribution in [0.4, 0.5) is 0 Å². The number of aromatic hydroxyl groups is 1. The van der Waals surface area contributed by atoms with Crippen molar-refractivity contribution < 1.29 is 10.2 Å². The highest BCUT2D eigenvalue weighted by atomic mass is 35.5. The molecular formula is C15H24ClNO2. The van der Waals surface area contributed by atoms with E-state index in [0.717, 1.165) is 31.2 Å². The van der Waals surface area contributed by atoms with E-state index in [2.05, 4.69) is 11.8 Å². The van der Waals surface area contributed by atoms with E-state index in [1.807, 2.05) is 20.2 Å². The molecule has 0 radical (unpaired) electrons. The van der Waals surface area contributed by atoms with Crippen molar-refractivity contribution in [1.82, 2.24) is 4.90 Å². The van der Waals surface area contributed by atoms with E-state index in [1.54, 1.807) is 18.2 Å². The van der Waals surface area contributed by atoms with Gasteiger partial charge < -0.3 is 15.1 Å². The van der Waals surface area contributed by atoms with Gasteiger partial charge in [0, 0.05) is 0 Å². The maximum Gasteiger partial charge on any atom is 0.115 e. The normalized spacial score (nSPS) is 31.0. The minimum Gasteiger partial charge on any atom is -0.508 e. The molecule has 0 amide bonds. The Morgan fingerprint density at radius 3 is 2.37 bits per heavy atom. The van der Waals surface area contributed by atoms with Gasteiger partial charge in [-0.1, -0.05) is 25.0 Å². The lowest BCUT2D eigenvalue weighted by molar-refractivity contribution is -0.123. The smallest absolute Gasteiger partial charge is 0.115 e. The van der Waals surface area contributed by atoms with Gasteiger partial charge in [0.05, 0.1) is 5.54 Å². The van der Waals surface area contributed by atoms with Crippen LogP contribution in [0.2, 0.25) is 0 Å². The highest BCUT2D eigenvalue weighted by Crippen LogP contribution is 2.47. The van der Waals surface area contributed by atoms with E-state index < -0.39 is 5.60 Å². The second-order valence-electron chi connectivity index (χ2n) is 5.79. The fourth-order valence-electron chi connectivity index (χ4n) is 3.14. The Bertz CT molecular complexity index is 438. The second-order valence-corrected chi connectivity index (χ2v) is 5.79. The summed E-state index contributed by atoms with van der Waals surface area (Å²) in [5.74, 6) is 0.215. The highest BCUT2D eigenvalue weighted by Gasteiger charge is 2.51. The molecule has 0 bridgehead atoms. The van der Waals surface area contributed by atoms with E-state index in [9.17, 15) is 10.2 Å². The standard InChI is InChI=1S/C15H23NO2.ClH/c1-14(16(2)3)9-4-5-10-15(14,18)12-7-6-8-13(17)11-12;/h6-8,11,17-18H,4-5,9-10H2,1-3H3;1H/t14-,15-;/m1./s1. The molecule has 0 spiro atoms. The van der Waals surface area contributed by atoms with Crippen LogP contribution in [0.25, 0.3) is 0 Å². The van der Waals surface area contributed by atoms with Gasteiger partial charge in [0.1, 0.15) is 11.4 Å². The molecule has 1 aliphatic carbocycles. The molecule has 1 saturated carbocycles. The average Bonchev–Trinajstić information content (AvgIpc) is 2.33. The Morgan fingerprint density at radius 1 is 1.16 bits per heavy atom. The van der Waals surface area contributed by atoms with Crippen molar-refractivity contribution in [2.75, 3.05) is 14.1 Å². The van der Waals surface area contributed by atoms with Crippen LogP contribution in [0.3, 0.4) is 0 Å². The molecule has 0 aliphatic heterocycles.